The van der Waals surface area contributed by atoms with Crippen LogP contribution < -0.4 is 4.98 Å². The average molecular weight is 751 g/mol. The Labute approximate surface area is 266 Å². The SMILES string of the molecule is Cc1cc(C)cc(-c2cc(C(=O)O)nc(-c3cccc4c3nc(-c3cc(C(C)(C)C)cc5cc[n-]c35)n4C(C)C)c2)c1.[Pt]. The summed E-state index contributed by atoms with van der Waals surface area (Å²) in [6.07, 6.45) is 1.85. The number of carboxylic acid groups (broad SMARTS) is 1. The van der Waals surface area contributed by atoms with E-state index in [0.29, 0.717) is 5.69 Å². The van der Waals surface area contributed by atoms with Crippen LogP contribution in [0.25, 0.3) is 55.7 Å². The maximum atomic E-state index is 12.2. The molecule has 0 saturated carbocycles. The predicted octanol–water partition coefficient (Wildman–Crippen LogP) is 8.73. The molecule has 0 saturated heterocycles. The van der Waals surface area contributed by atoms with E-state index in [1.54, 1.807) is 6.07 Å². The number of hydrogen-bond acceptors (Lipinski definition) is 3. The Kier molecular flexibility index (Phi) is 7.95. The molecule has 3 aromatic heterocycles. The van der Waals surface area contributed by atoms with Crippen molar-refractivity contribution in [3.8, 4) is 33.8 Å². The van der Waals surface area contributed by atoms with Crippen LogP contribution in [-0.2, 0) is 26.5 Å². The molecular formula is C36H35N4O2Pt-. The van der Waals surface area contributed by atoms with E-state index in [0.717, 1.165) is 61.1 Å². The van der Waals surface area contributed by atoms with Crippen LogP contribution >= 0.6 is 0 Å². The van der Waals surface area contributed by atoms with Crippen LogP contribution in [0.1, 0.15) is 67.8 Å². The van der Waals surface area contributed by atoms with Gasteiger partial charge in [-0.25, -0.2) is 14.8 Å². The molecule has 0 unspecified atom stereocenters. The first kappa shape index (κ1) is 30.4. The fourth-order valence-corrected chi connectivity index (χ4v) is 5.85. The minimum atomic E-state index is -1.06. The van der Waals surface area contributed by atoms with E-state index < -0.39 is 5.97 Å². The van der Waals surface area contributed by atoms with Crippen LogP contribution in [0.5, 0.6) is 0 Å². The van der Waals surface area contributed by atoms with Gasteiger partial charge in [0.1, 0.15) is 11.5 Å². The Morgan fingerprint density at radius 2 is 1.58 bits per heavy atom. The van der Waals surface area contributed by atoms with E-state index in [9.17, 15) is 9.90 Å². The second-order valence-electron chi connectivity index (χ2n) is 12.5. The summed E-state index contributed by atoms with van der Waals surface area (Å²) in [6, 6.07) is 22.5. The minimum Gasteiger partial charge on any atom is -0.663 e. The van der Waals surface area contributed by atoms with Crippen LogP contribution in [0.4, 0.5) is 0 Å². The van der Waals surface area contributed by atoms with Gasteiger partial charge in [-0.05, 0) is 79.5 Å². The Bertz CT molecular complexity index is 1990. The topological polar surface area (TPSA) is 82.1 Å². The molecule has 0 radical (unpaired) electrons. The molecule has 6 rings (SSSR count). The molecule has 7 heteroatoms. The van der Waals surface area contributed by atoms with Crippen molar-refractivity contribution in [2.75, 3.05) is 0 Å². The number of rotatable bonds is 5. The molecule has 0 amide bonds. The number of para-hydroxylation sites is 1. The van der Waals surface area contributed by atoms with Crippen LogP contribution in [0, 0.1) is 13.8 Å². The first-order chi connectivity index (χ1) is 19.9. The third kappa shape index (κ3) is 5.57. The minimum absolute atomic E-state index is 0. The molecule has 6 nitrogen and oxygen atoms in total. The van der Waals surface area contributed by atoms with Gasteiger partial charge in [0.05, 0.1) is 16.7 Å². The number of imidazole rings is 1. The van der Waals surface area contributed by atoms with Crippen molar-refractivity contribution in [2.24, 2.45) is 0 Å². The van der Waals surface area contributed by atoms with Gasteiger partial charge in [-0.15, -0.1) is 5.52 Å². The third-order valence-corrected chi connectivity index (χ3v) is 7.82. The van der Waals surface area contributed by atoms with Crippen molar-refractivity contribution < 1.29 is 31.0 Å². The van der Waals surface area contributed by atoms with E-state index in [-0.39, 0.29) is 38.2 Å². The maximum Gasteiger partial charge on any atom is 0.354 e. The smallest absolute Gasteiger partial charge is 0.354 e. The van der Waals surface area contributed by atoms with E-state index >= 15 is 0 Å². The van der Waals surface area contributed by atoms with Gasteiger partial charge >= 0.3 is 5.97 Å². The first-order valence-electron chi connectivity index (χ1n) is 14.3. The standard InChI is InChI=1S/C36H36N4O2.Pt/c1-20(2)40-31-10-8-9-27(29-17-25(18-30(38-29)35(41)42)24-14-21(3)13-22(4)15-24)33(31)39-34(40)28-19-26(36(5,6)7)16-23-11-12-37-32(23)28;/h8-20H,1-7H3,(H2,37,38,39,41,42);/p-1. The largest absolute Gasteiger partial charge is 0.663 e. The Morgan fingerprint density at radius 1 is 0.884 bits per heavy atom. The van der Waals surface area contributed by atoms with Gasteiger partial charge < -0.3 is 14.7 Å². The van der Waals surface area contributed by atoms with Crippen molar-refractivity contribution in [1.82, 2.24) is 19.5 Å². The number of benzene rings is 3. The molecule has 6 aromatic rings. The third-order valence-electron chi connectivity index (χ3n) is 7.82. The summed E-state index contributed by atoms with van der Waals surface area (Å²) in [5.41, 5.74) is 10.2. The number of pyridine rings is 1. The van der Waals surface area contributed by atoms with E-state index in [2.05, 4.69) is 86.6 Å². The number of carbonyl (C=O) groups is 1. The molecule has 0 aliphatic rings. The fourth-order valence-electron chi connectivity index (χ4n) is 5.85. The van der Waals surface area contributed by atoms with Crippen LogP contribution in [0.15, 0.2) is 72.9 Å². The van der Waals surface area contributed by atoms with E-state index in [1.165, 1.54) is 5.56 Å². The average Bonchev–Trinajstić information content (AvgIpc) is 3.56. The molecule has 1 N–H and O–H groups in total. The Hall–Kier alpha value is -4.02. The molecule has 0 spiro atoms. The number of fused-ring (bicyclic) bond motifs is 2. The Balaban J connectivity index is 0.00000368. The normalized spacial score (nSPS) is 11.8. The molecule has 222 valence electrons. The molecule has 0 aliphatic carbocycles. The zero-order valence-electron chi connectivity index (χ0n) is 25.5. The van der Waals surface area contributed by atoms with Crippen LogP contribution in [0.2, 0.25) is 0 Å². The molecule has 43 heavy (non-hydrogen) atoms. The molecular weight excluding hydrogens is 716 g/mol. The number of aryl methyl sites for hydroxylation is 2. The quantitative estimate of drug-likeness (QED) is 0.191. The van der Waals surface area contributed by atoms with Gasteiger partial charge in [0, 0.05) is 38.2 Å². The molecule has 3 heterocycles. The van der Waals surface area contributed by atoms with Gasteiger partial charge in [-0.2, -0.15) is 6.20 Å². The summed E-state index contributed by atoms with van der Waals surface area (Å²) in [5.74, 6) is -0.224. The molecule has 3 aromatic carbocycles. The zero-order chi connectivity index (χ0) is 29.9. The molecule has 0 aliphatic heterocycles. The maximum absolute atomic E-state index is 12.2. The summed E-state index contributed by atoms with van der Waals surface area (Å²) in [5, 5.41) is 11.1. The summed E-state index contributed by atoms with van der Waals surface area (Å²) < 4.78 is 2.25. The van der Waals surface area contributed by atoms with Crippen molar-refractivity contribution in [1.29, 1.82) is 0 Å². The molecule has 0 atom stereocenters. The van der Waals surface area contributed by atoms with Crippen molar-refractivity contribution in [3.63, 3.8) is 0 Å². The van der Waals surface area contributed by atoms with Crippen molar-refractivity contribution in [2.45, 2.75) is 59.9 Å². The van der Waals surface area contributed by atoms with Gasteiger partial charge in [0.2, 0.25) is 0 Å². The van der Waals surface area contributed by atoms with E-state index in [4.69, 9.17) is 9.97 Å². The molecule has 0 bridgehead atoms. The van der Waals surface area contributed by atoms with E-state index in [1.807, 2.05) is 38.2 Å². The van der Waals surface area contributed by atoms with Crippen LogP contribution in [-0.4, -0.2) is 25.6 Å². The van der Waals surface area contributed by atoms with Crippen molar-refractivity contribution in [3.05, 3.63) is 95.3 Å². The van der Waals surface area contributed by atoms with Crippen molar-refractivity contribution >= 4 is 27.9 Å². The fraction of sp³-hybridized carbons (Fsp3) is 0.250. The number of aromatic nitrogens is 4. The zero-order valence-corrected chi connectivity index (χ0v) is 27.7. The Morgan fingerprint density at radius 3 is 2.23 bits per heavy atom. The van der Waals surface area contributed by atoms with Gasteiger partial charge in [0.25, 0.3) is 0 Å². The predicted molar refractivity (Wildman–Crippen MR) is 170 cm³/mol. The van der Waals surface area contributed by atoms with Gasteiger partial charge in [-0.1, -0.05) is 74.4 Å². The second-order valence-corrected chi connectivity index (χ2v) is 12.5. The summed E-state index contributed by atoms with van der Waals surface area (Å²) >= 11 is 0. The van der Waals surface area contributed by atoms with Gasteiger partial charge in [0.15, 0.2) is 0 Å². The monoisotopic (exact) mass is 750 g/mol. The molecule has 0 fully saturated rings. The number of aromatic carboxylic acids is 1. The second kappa shape index (κ2) is 11.2. The summed E-state index contributed by atoms with van der Waals surface area (Å²) in [6.45, 7) is 15.0. The summed E-state index contributed by atoms with van der Waals surface area (Å²) in [4.78, 5) is 26.8. The summed E-state index contributed by atoms with van der Waals surface area (Å²) in [7, 11) is 0. The van der Waals surface area contributed by atoms with Crippen LogP contribution in [0.3, 0.4) is 0 Å². The number of carboxylic acids is 1. The first-order valence-corrected chi connectivity index (χ1v) is 14.3. The van der Waals surface area contributed by atoms with Gasteiger partial charge in [-0.3, -0.25) is 0 Å². The number of hydrogen-bond donors (Lipinski definition) is 1. The number of nitrogens with zero attached hydrogens (tertiary/aromatic N) is 4.